The number of thiophene rings is 1. The monoisotopic (exact) mass is 363 g/mol. The van der Waals surface area contributed by atoms with Crippen LogP contribution in [0.3, 0.4) is 0 Å². The van der Waals surface area contributed by atoms with Gasteiger partial charge in [0.25, 0.3) is 10.0 Å². The van der Waals surface area contributed by atoms with Gasteiger partial charge in [0.05, 0.1) is 15.9 Å². The van der Waals surface area contributed by atoms with Gasteiger partial charge < -0.3 is 0 Å². The third-order valence-electron chi connectivity index (χ3n) is 4.49. The zero-order valence-electron chi connectivity index (χ0n) is 13.1. The summed E-state index contributed by atoms with van der Waals surface area (Å²) in [4.78, 5) is 0.295. The van der Waals surface area contributed by atoms with Crippen molar-refractivity contribution in [2.75, 3.05) is 0 Å². The van der Waals surface area contributed by atoms with Gasteiger partial charge >= 0.3 is 0 Å². The van der Waals surface area contributed by atoms with Gasteiger partial charge in [-0.15, -0.1) is 11.3 Å². The number of rotatable bonds is 2. The topological polar surface area (TPSA) is 39.1 Å². The predicted molar refractivity (Wildman–Crippen MR) is 104 cm³/mol. The van der Waals surface area contributed by atoms with Crippen LogP contribution in [0.15, 0.2) is 83.1 Å². The van der Waals surface area contributed by atoms with Gasteiger partial charge in [-0.1, -0.05) is 42.5 Å². The Kier molecular flexibility index (Phi) is 3.04. The van der Waals surface area contributed by atoms with Crippen LogP contribution >= 0.6 is 11.3 Å². The fourth-order valence-electron chi connectivity index (χ4n) is 3.40. The lowest BCUT2D eigenvalue weighted by atomic mass is 10.1. The van der Waals surface area contributed by atoms with Gasteiger partial charge in [0.2, 0.25) is 0 Å². The maximum absolute atomic E-state index is 13.4. The number of hydrogen-bond donors (Lipinski definition) is 0. The summed E-state index contributed by atoms with van der Waals surface area (Å²) in [7, 11) is -3.68. The Morgan fingerprint density at radius 2 is 1.52 bits per heavy atom. The minimum atomic E-state index is -3.68. The molecule has 0 unspecified atom stereocenters. The second kappa shape index (κ2) is 5.18. The Labute approximate surface area is 148 Å². The lowest BCUT2D eigenvalue weighted by Crippen LogP contribution is -2.12. The average molecular weight is 363 g/mol. The molecule has 0 bridgehead atoms. The molecular weight excluding hydrogens is 350 g/mol. The largest absolute Gasteiger partial charge is 0.268 e. The Bertz CT molecular complexity index is 1350. The van der Waals surface area contributed by atoms with E-state index in [9.17, 15) is 8.42 Å². The molecule has 3 aromatic carbocycles. The van der Waals surface area contributed by atoms with Crippen LogP contribution < -0.4 is 0 Å². The van der Waals surface area contributed by atoms with Crippen molar-refractivity contribution in [1.29, 1.82) is 0 Å². The summed E-state index contributed by atoms with van der Waals surface area (Å²) in [5.74, 6) is 0. The Morgan fingerprint density at radius 3 is 2.36 bits per heavy atom. The maximum Gasteiger partial charge on any atom is 0.268 e. The van der Waals surface area contributed by atoms with Crippen LogP contribution in [0, 0.1) is 0 Å². The molecule has 0 atom stereocenters. The molecule has 0 N–H and O–H groups in total. The number of aromatic nitrogens is 1. The highest BCUT2D eigenvalue weighted by atomic mass is 32.2. The van der Waals surface area contributed by atoms with Crippen molar-refractivity contribution in [3.63, 3.8) is 0 Å². The summed E-state index contributed by atoms with van der Waals surface area (Å²) < 4.78 is 29.3. The minimum Gasteiger partial charge on any atom is -0.233 e. The highest BCUT2D eigenvalue weighted by Crippen LogP contribution is 2.38. The van der Waals surface area contributed by atoms with E-state index in [0.29, 0.717) is 10.4 Å². The zero-order valence-corrected chi connectivity index (χ0v) is 14.7. The third-order valence-corrected chi connectivity index (χ3v) is 7.18. The highest BCUT2D eigenvalue weighted by molar-refractivity contribution is 7.90. The van der Waals surface area contributed by atoms with Crippen LogP contribution in [0.5, 0.6) is 0 Å². The molecule has 2 aromatic heterocycles. The summed E-state index contributed by atoms with van der Waals surface area (Å²) in [6.07, 6.45) is 0. The van der Waals surface area contributed by atoms with Crippen molar-refractivity contribution in [3.8, 4) is 0 Å². The molecule has 0 spiro atoms. The van der Waals surface area contributed by atoms with E-state index >= 15 is 0 Å². The first-order chi connectivity index (χ1) is 12.2. The molecule has 5 heteroatoms. The van der Waals surface area contributed by atoms with Gasteiger partial charge in [0, 0.05) is 15.5 Å². The van der Waals surface area contributed by atoms with Gasteiger partial charge in [-0.3, -0.25) is 0 Å². The fraction of sp³-hybridized carbons (Fsp3) is 0. The molecule has 0 aliphatic heterocycles. The first-order valence-electron chi connectivity index (χ1n) is 7.88. The van der Waals surface area contributed by atoms with Crippen molar-refractivity contribution in [2.24, 2.45) is 0 Å². The molecule has 0 aliphatic rings. The molecule has 122 valence electrons. The van der Waals surface area contributed by atoms with E-state index in [0.717, 1.165) is 26.4 Å². The molecule has 3 nitrogen and oxygen atoms in total. The number of fused-ring (bicyclic) bond motifs is 5. The molecular formula is C20H13NO2S2. The van der Waals surface area contributed by atoms with E-state index < -0.39 is 10.0 Å². The second-order valence-corrected chi connectivity index (χ2v) is 8.60. The maximum atomic E-state index is 13.4. The first kappa shape index (κ1) is 14.7. The molecule has 0 radical (unpaired) electrons. The molecule has 0 fully saturated rings. The van der Waals surface area contributed by atoms with Crippen LogP contribution in [0.1, 0.15) is 0 Å². The SMILES string of the molecule is O=S(=O)(c1ccccc1)n1c2ccccc2c2c3sccc3ccc21. The summed E-state index contributed by atoms with van der Waals surface area (Å²) >= 11 is 1.64. The lowest BCUT2D eigenvalue weighted by molar-refractivity contribution is 0.590. The van der Waals surface area contributed by atoms with Crippen LogP contribution in [0.2, 0.25) is 0 Å². The number of hydrogen-bond acceptors (Lipinski definition) is 3. The second-order valence-electron chi connectivity index (χ2n) is 5.90. The quantitative estimate of drug-likeness (QED) is 0.430. The molecule has 25 heavy (non-hydrogen) atoms. The van der Waals surface area contributed by atoms with Crippen molar-refractivity contribution >= 4 is 53.3 Å². The Balaban J connectivity index is 2.02. The van der Waals surface area contributed by atoms with Crippen molar-refractivity contribution in [1.82, 2.24) is 3.97 Å². The van der Waals surface area contributed by atoms with Crippen LogP contribution in [0.4, 0.5) is 0 Å². The van der Waals surface area contributed by atoms with Gasteiger partial charge in [0.1, 0.15) is 0 Å². The third kappa shape index (κ3) is 2.00. The number of benzene rings is 3. The normalized spacial score (nSPS) is 12.3. The van der Waals surface area contributed by atoms with Crippen LogP contribution in [-0.2, 0) is 10.0 Å². The van der Waals surface area contributed by atoms with Gasteiger partial charge in [-0.05, 0) is 41.1 Å². The fourth-order valence-corrected chi connectivity index (χ4v) is 5.90. The van der Waals surface area contributed by atoms with E-state index in [1.165, 1.54) is 3.97 Å². The molecule has 0 saturated heterocycles. The van der Waals surface area contributed by atoms with Crippen LogP contribution in [-0.4, -0.2) is 12.4 Å². The molecule has 0 amide bonds. The standard InChI is InChI=1S/C20H13NO2S2/c22-25(23,15-6-2-1-3-7-15)21-17-9-5-4-8-16(17)19-18(21)11-10-14-12-13-24-20(14)19/h1-13H. The molecule has 0 saturated carbocycles. The van der Waals surface area contributed by atoms with Crippen molar-refractivity contribution in [3.05, 3.63) is 78.2 Å². The molecule has 5 aromatic rings. The van der Waals surface area contributed by atoms with Gasteiger partial charge in [-0.2, -0.15) is 0 Å². The van der Waals surface area contributed by atoms with E-state index in [-0.39, 0.29) is 0 Å². The zero-order chi connectivity index (χ0) is 17.0. The van der Waals surface area contributed by atoms with E-state index in [2.05, 4.69) is 6.07 Å². The van der Waals surface area contributed by atoms with Crippen LogP contribution in [0.25, 0.3) is 31.9 Å². The highest BCUT2D eigenvalue weighted by Gasteiger charge is 2.24. The minimum absolute atomic E-state index is 0.295. The summed E-state index contributed by atoms with van der Waals surface area (Å²) in [6.45, 7) is 0. The van der Waals surface area contributed by atoms with Crippen molar-refractivity contribution < 1.29 is 8.42 Å². The van der Waals surface area contributed by atoms with E-state index in [1.54, 1.807) is 35.6 Å². The smallest absolute Gasteiger partial charge is 0.233 e. The van der Waals surface area contributed by atoms with E-state index in [1.807, 2.05) is 47.8 Å². The Morgan fingerprint density at radius 1 is 0.760 bits per heavy atom. The van der Waals surface area contributed by atoms with Gasteiger partial charge in [0.15, 0.2) is 0 Å². The molecule has 2 heterocycles. The Hall–Kier alpha value is -2.63. The predicted octanol–water partition coefficient (Wildman–Crippen LogP) is 5.25. The number of para-hydroxylation sites is 1. The average Bonchev–Trinajstić information content (AvgIpc) is 3.24. The number of nitrogens with zero attached hydrogens (tertiary/aromatic N) is 1. The summed E-state index contributed by atoms with van der Waals surface area (Å²) in [5.41, 5.74) is 1.43. The first-order valence-corrected chi connectivity index (χ1v) is 10.2. The van der Waals surface area contributed by atoms with Gasteiger partial charge in [-0.25, -0.2) is 12.4 Å². The molecule has 0 aliphatic carbocycles. The summed E-state index contributed by atoms with van der Waals surface area (Å²) in [5, 5.41) is 5.15. The van der Waals surface area contributed by atoms with E-state index in [4.69, 9.17) is 0 Å². The summed E-state index contributed by atoms with van der Waals surface area (Å²) in [6, 6.07) is 22.3. The lowest BCUT2D eigenvalue weighted by Gasteiger charge is -2.09. The molecule has 5 rings (SSSR count). The van der Waals surface area contributed by atoms with Crippen molar-refractivity contribution in [2.45, 2.75) is 4.90 Å².